The van der Waals surface area contributed by atoms with Crippen molar-refractivity contribution >= 4 is 5.91 Å². The molecule has 2 atom stereocenters. The van der Waals surface area contributed by atoms with E-state index in [0.29, 0.717) is 19.6 Å². The first-order chi connectivity index (χ1) is 9.58. The summed E-state index contributed by atoms with van der Waals surface area (Å²) in [5.41, 5.74) is 0. The Kier molecular flexibility index (Phi) is 7.00. The zero-order chi connectivity index (χ0) is 15.0. The van der Waals surface area contributed by atoms with Gasteiger partial charge in [-0.05, 0) is 25.8 Å². The van der Waals surface area contributed by atoms with Crippen molar-refractivity contribution in [1.82, 2.24) is 9.80 Å². The molecule has 0 aromatic heterocycles. The van der Waals surface area contributed by atoms with Crippen molar-refractivity contribution in [2.75, 3.05) is 32.7 Å². The number of likely N-dealkylation sites (tertiary alicyclic amines) is 1. The fourth-order valence-electron chi connectivity index (χ4n) is 2.42. The van der Waals surface area contributed by atoms with Gasteiger partial charge in [-0.1, -0.05) is 0 Å². The Morgan fingerprint density at radius 2 is 2.00 bits per heavy atom. The summed E-state index contributed by atoms with van der Waals surface area (Å²) < 4.78 is 0. The molecule has 0 aliphatic carbocycles. The lowest BCUT2D eigenvalue weighted by molar-refractivity contribution is -0.132. The van der Waals surface area contributed by atoms with Crippen molar-refractivity contribution in [3.05, 3.63) is 0 Å². The van der Waals surface area contributed by atoms with Gasteiger partial charge in [-0.25, -0.2) is 0 Å². The van der Waals surface area contributed by atoms with Crippen LogP contribution in [0.5, 0.6) is 0 Å². The number of carbonyl (C=O) groups excluding carboxylic acids is 1. The summed E-state index contributed by atoms with van der Waals surface area (Å²) in [4.78, 5) is 15.8. The molecule has 0 spiro atoms. The van der Waals surface area contributed by atoms with E-state index in [2.05, 4.69) is 0 Å². The van der Waals surface area contributed by atoms with Gasteiger partial charge in [-0.15, -0.1) is 0 Å². The number of carbonyl (C=O) groups is 1. The quantitative estimate of drug-likeness (QED) is 0.725. The minimum atomic E-state index is -0.344. The molecule has 1 saturated heterocycles. The molecule has 2 unspecified atom stereocenters. The Balaban J connectivity index is 2.45. The summed E-state index contributed by atoms with van der Waals surface area (Å²) >= 11 is 0. The summed E-state index contributed by atoms with van der Waals surface area (Å²) in [7, 11) is 0. The smallest absolute Gasteiger partial charge is 0.236 e. The maximum Gasteiger partial charge on any atom is 0.236 e. The molecule has 6 heteroatoms. The highest BCUT2D eigenvalue weighted by Gasteiger charge is 2.28. The lowest BCUT2D eigenvalue weighted by atomic mass is 10.0. The van der Waals surface area contributed by atoms with Gasteiger partial charge in [-0.3, -0.25) is 9.69 Å². The van der Waals surface area contributed by atoms with Crippen LogP contribution < -0.4 is 0 Å². The fraction of sp³-hybridized carbons (Fsp3) is 0.786. The van der Waals surface area contributed by atoms with E-state index < -0.39 is 0 Å². The zero-order valence-electron chi connectivity index (χ0n) is 12.0. The van der Waals surface area contributed by atoms with E-state index in [9.17, 15) is 9.90 Å². The van der Waals surface area contributed by atoms with Crippen LogP contribution in [-0.4, -0.2) is 59.6 Å². The van der Waals surface area contributed by atoms with Gasteiger partial charge in [0.15, 0.2) is 0 Å². The highest BCUT2D eigenvalue weighted by Crippen LogP contribution is 2.19. The number of aliphatic hydroxyl groups excluding tert-OH is 1. The minimum absolute atomic E-state index is 0.0401. The van der Waals surface area contributed by atoms with Gasteiger partial charge in [0.25, 0.3) is 0 Å². The first-order valence-electron chi connectivity index (χ1n) is 7.00. The Bertz CT molecular complexity index is 379. The third-order valence-corrected chi connectivity index (χ3v) is 3.69. The van der Waals surface area contributed by atoms with E-state index in [1.807, 2.05) is 17.0 Å². The number of nitriles is 2. The number of rotatable bonds is 7. The summed E-state index contributed by atoms with van der Waals surface area (Å²) in [6.45, 7) is 4.39. The van der Waals surface area contributed by atoms with Crippen LogP contribution in [0.1, 0.15) is 26.2 Å². The first-order valence-corrected chi connectivity index (χ1v) is 7.00. The van der Waals surface area contributed by atoms with Crippen LogP contribution in [-0.2, 0) is 4.79 Å². The van der Waals surface area contributed by atoms with Crippen LogP contribution in [0.15, 0.2) is 0 Å². The average Bonchev–Trinajstić information content (AvgIpc) is 2.87. The SMILES string of the molecule is CC(O)C1CCN(CC(=O)N(CCC#N)CCC#N)C1. The molecule has 0 saturated carbocycles. The molecule has 1 N–H and O–H groups in total. The summed E-state index contributed by atoms with van der Waals surface area (Å²) in [6, 6.07) is 4.04. The van der Waals surface area contributed by atoms with Crippen LogP contribution in [0.3, 0.4) is 0 Å². The van der Waals surface area contributed by atoms with Crippen molar-refractivity contribution in [2.24, 2.45) is 5.92 Å². The van der Waals surface area contributed by atoms with Gasteiger partial charge in [-0.2, -0.15) is 10.5 Å². The molecular weight excluding hydrogens is 256 g/mol. The van der Waals surface area contributed by atoms with Crippen LogP contribution in [0, 0.1) is 28.6 Å². The predicted molar refractivity (Wildman–Crippen MR) is 73.3 cm³/mol. The van der Waals surface area contributed by atoms with Gasteiger partial charge in [0.2, 0.25) is 5.91 Å². The highest BCUT2D eigenvalue weighted by molar-refractivity contribution is 5.78. The number of aliphatic hydroxyl groups is 1. The zero-order valence-corrected chi connectivity index (χ0v) is 12.0. The summed E-state index contributed by atoms with van der Waals surface area (Å²) in [6.07, 6.45) is 1.13. The molecule has 1 aliphatic rings. The predicted octanol–water partition coefficient (Wildman–Crippen LogP) is 0.345. The third-order valence-electron chi connectivity index (χ3n) is 3.69. The molecule has 110 valence electrons. The molecule has 1 fully saturated rings. The van der Waals surface area contributed by atoms with Crippen molar-refractivity contribution in [2.45, 2.75) is 32.3 Å². The molecule has 0 aromatic carbocycles. The molecule has 0 bridgehead atoms. The van der Waals surface area contributed by atoms with Crippen molar-refractivity contribution in [1.29, 1.82) is 10.5 Å². The van der Waals surface area contributed by atoms with Crippen LogP contribution in [0.25, 0.3) is 0 Å². The van der Waals surface area contributed by atoms with Crippen LogP contribution in [0.4, 0.5) is 0 Å². The molecule has 0 radical (unpaired) electrons. The Hall–Kier alpha value is -1.63. The van der Waals surface area contributed by atoms with Crippen molar-refractivity contribution < 1.29 is 9.90 Å². The largest absolute Gasteiger partial charge is 0.393 e. The fourth-order valence-corrected chi connectivity index (χ4v) is 2.42. The monoisotopic (exact) mass is 278 g/mol. The maximum atomic E-state index is 12.2. The van der Waals surface area contributed by atoms with E-state index in [0.717, 1.165) is 19.5 Å². The number of nitrogens with zero attached hydrogens (tertiary/aromatic N) is 4. The lowest BCUT2D eigenvalue weighted by Crippen LogP contribution is -2.40. The Morgan fingerprint density at radius 3 is 2.45 bits per heavy atom. The van der Waals surface area contributed by atoms with Gasteiger partial charge in [0.05, 0.1) is 37.6 Å². The molecule has 0 aromatic rings. The number of hydrogen-bond donors (Lipinski definition) is 1. The van der Waals surface area contributed by atoms with Gasteiger partial charge in [0.1, 0.15) is 0 Å². The summed E-state index contributed by atoms with van der Waals surface area (Å²) in [5, 5.41) is 26.8. The molecule has 1 rings (SSSR count). The molecule has 20 heavy (non-hydrogen) atoms. The van der Waals surface area contributed by atoms with E-state index >= 15 is 0 Å². The molecular formula is C14H22N4O2. The van der Waals surface area contributed by atoms with Crippen molar-refractivity contribution in [3.63, 3.8) is 0 Å². The summed E-state index contributed by atoms with van der Waals surface area (Å²) in [5.74, 6) is 0.191. The number of amides is 1. The standard InChI is InChI=1S/C14H22N4O2/c1-12(19)13-4-9-17(10-13)11-14(20)18(7-2-5-15)8-3-6-16/h12-13,19H,2-4,7-11H2,1H3. The number of hydrogen-bond acceptors (Lipinski definition) is 5. The van der Waals surface area contributed by atoms with E-state index in [4.69, 9.17) is 10.5 Å². The van der Waals surface area contributed by atoms with E-state index in [-0.39, 0.29) is 30.8 Å². The van der Waals surface area contributed by atoms with E-state index in [1.54, 1.807) is 11.8 Å². The Labute approximate surface area is 120 Å². The van der Waals surface area contributed by atoms with Crippen molar-refractivity contribution in [3.8, 4) is 12.1 Å². The molecule has 1 aliphatic heterocycles. The van der Waals surface area contributed by atoms with Gasteiger partial charge in [0, 0.05) is 19.6 Å². The van der Waals surface area contributed by atoms with Crippen LogP contribution in [0.2, 0.25) is 0 Å². The van der Waals surface area contributed by atoms with Gasteiger partial charge >= 0.3 is 0 Å². The van der Waals surface area contributed by atoms with E-state index in [1.165, 1.54) is 0 Å². The first kappa shape index (κ1) is 16.4. The maximum absolute atomic E-state index is 12.2. The molecule has 1 heterocycles. The second-order valence-corrected chi connectivity index (χ2v) is 5.22. The Morgan fingerprint density at radius 1 is 1.40 bits per heavy atom. The minimum Gasteiger partial charge on any atom is -0.393 e. The third kappa shape index (κ3) is 5.16. The molecule has 1 amide bonds. The second kappa shape index (κ2) is 8.52. The topological polar surface area (TPSA) is 91.4 Å². The average molecular weight is 278 g/mol. The lowest BCUT2D eigenvalue weighted by Gasteiger charge is -2.24. The normalized spacial score (nSPS) is 20.1. The van der Waals surface area contributed by atoms with Gasteiger partial charge < -0.3 is 10.0 Å². The second-order valence-electron chi connectivity index (χ2n) is 5.22. The molecule has 6 nitrogen and oxygen atoms in total. The van der Waals surface area contributed by atoms with Crippen LogP contribution >= 0.6 is 0 Å². The highest BCUT2D eigenvalue weighted by atomic mass is 16.3.